The number of carbonyl (C=O) groups excluding carboxylic acids is 1. The standard InChI is InChI=1S/C13H17NO5/c1-4-18-11-6-9(13(16)17)10(14-8(3)15)7-12(11)19-5-2/h6-7H,4-5H2,1-3H3,(H,14,15)(H,16,17). The molecule has 0 aromatic heterocycles. The monoisotopic (exact) mass is 267 g/mol. The lowest BCUT2D eigenvalue weighted by Crippen LogP contribution is -2.12. The summed E-state index contributed by atoms with van der Waals surface area (Å²) in [6.45, 7) is 5.70. The van der Waals surface area contributed by atoms with Gasteiger partial charge in [0.2, 0.25) is 5.91 Å². The van der Waals surface area contributed by atoms with E-state index in [9.17, 15) is 9.59 Å². The minimum Gasteiger partial charge on any atom is -0.490 e. The Balaban J connectivity index is 3.31. The van der Waals surface area contributed by atoms with Crippen LogP contribution in [0, 0.1) is 0 Å². The highest BCUT2D eigenvalue weighted by atomic mass is 16.5. The number of benzene rings is 1. The highest BCUT2D eigenvalue weighted by Gasteiger charge is 2.17. The van der Waals surface area contributed by atoms with E-state index in [4.69, 9.17) is 14.6 Å². The molecule has 0 heterocycles. The van der Waals surface area contributed by atoms with Crippen molar-refractivity contribution in [2.75, 3.05) is 18.5 Å². The van der Waals surface area contributed by atoms with E-state index in [-0.39, 0.29) is 17.2 Å². The molecule has 2 N–H and O–H groups in total. The number of carboxylic acid groups (broad SMARTS) is 1. The Morgan fingerprint density at radius 2 is 1.68 bits per heavy atom. The molecule has 1 aromatic rings. The van der Waals surface area contributed by atoms with Crippen LogP contribution in [-0.4, -0.2) is 30.2 Å². The highest BCUT2D eigenvalue weighted by molar-refractivity contribution is 6.00. The number of ether oxygens (including phenoxy) is 2. The van der Waals surface area contributed by atoms with Crippen LogP contribution < -0.4 is 14.8 Å². The van der Waals surface area contributed by atoms with Gasteiger partial charge in [0.05, 0.1) is 24.5 Å². The van der Waals surface area contributed by atoms with Crippen molar-refractivity contribution >= 4 is 17.6 Å². The average Bonchev–Trinajstić information content (AvgIpc) is 2.31. The molecule has 0 fully saturated rings. The van der Waals surface area contributed by atoms with Crippen LogP contribution in [-0.2, 0) is 4.79 Å². The number of hydrogen-bond acceptors (Lipinski definition) is 4. The summed E-state index contributed by atoms with van der Waals surface area (Å²) >= 11 is 0. The van der Waals surface area contributed by atoms with E-state index in [0.717, 1.165) is 0 Å². The summed E-state index contributed by atoms with van der Waals surface area (Å²) in [4.78, 5) is 22.3. The Morgan fingerprint density at radius 1 is 1.16 bits per heavy atom. The van der Waals surface area contributed by atoms with Gasteiger partial charge in [0.15, 0.2) is 11.5 Å². The average molecular weight is 267 g/mol. The van der Waals surface area contributed by atoms with Crippen molar-refractivity contribution in [1.29, 1.82) is 0 Å². The van der Waals surface area contributed by atoms with E-state index in [1.165, 1.54) is 19.1 Å². The molecule has 6 nitrogen and oxygen atoms in total. The first kappa shape index (κ1) is 14.8. The van der Waals surface area contributed by atoms with Gasteiger partial charge < -0.3 is 19.9 Å². The zero-order chi connectivity index (χ0) is 14.4. The third-order valence-electron chi connectivity index (χ3n) is 2.22. The number of carboxylic acids is 1. The molecule has 1 amide bonds. The van der Waals surface area contributed by atoms with Gasteiger partial charge in [-0.25, -0.2) is 4.79 Å². The van der Waals surface area contributed by atoms with Crippen LogP contribution in [0.1, 0.15) is 31.1 Å². The van der Waals surface area contributed by atoms with Gasteiger partial charge in [0, 0.05) is 19.1 Å². The molecule has 104 valence electrons. The van der Waals surface area contributed by atoms with Crippen molar-refractivity contribution in [3.63, 3.8) is 0 Å². The predicted octanol–water partition coefficient (Wildman–Crippen LogP) is 2.14. The maximum atomic E-state index is 11.2. The number of anilines is 1. The smallest absolute Gasteiger partial charge is 0.337 e. The number of rotatable bonds is 6. The second-order valence-corrected chi connectivity index (χ2v) is 3.70. The zero-order valence-electron chi connectivity index (χ0n) is 11.1. The molecule has 0 saturated carbocycles. The molecule has 1 aromatic carbocycles. The van der Waals surface area contributed by atoms with Gasteiger partial charge in [-0.1, -0.05) is 0 Å². The number of hydrogen-bond donors (Lipinski definition) is 2. The van der Waals surface area contributed by atoms with Crippen LogP contribution >= 0.6 is 0 Å². The predicted molar refractivity (Wildman–Crippen MR) is 70.0 cm³/mol. The number of carbonyl (C=O) groups is 2. The number of aromatic carboxylic acids is 1. The lowest BCUT2D eigenvalue weighted by molar-refractivity contribution is -0.114. The second kappa shape index (κ2) is 6.63. The quantitative estimate of drug-likeness (QED) is 0.824. The summed E-state index contributed by atoms with van der Waals surface area (Å²) in [6, 6.07) is 2.81. The Kier molecular flexibility index (Phi) is 5.17. The SMILES string of the molecule is CCOc1cc(NC(C)=O)c(C(=O)O)cc1OCC. The largest absolute Gasteiger partial charge is 0.490 e. The number of nitrogens with one attached hydrogen (secondary N) is 1. The lowest BCUT2D eigenvalue weighted by Gasteiger charge is -2.15. The molecule has 0 unspecified atom stereocenters. The van der Waals surface area contributed by atoms with Gasteiger partial charge in [-0.3, -0.25) is 4.79 Å². The molecule has 1 rings (SSSR count). The van der Waals surface area contributed by atoms with Gasteiger partial charge in [0.25, 0.3) is 0 Å². The molecule has 19 heavy (non-hydrogen) atoms. The Labute approximate surface area is 111 Å². The van der Waals surface area contributed by atoms with Crippen molar-refractivity contribution in [3.8, 4) is 11.5 Å². The summed E-state index contributed by atoms with van der Waals surface area (Å²) < 4.78 is 10.7. The summed E-state index contributed by atoms with van der Waals surface area (Å²) in [5.74, 6) is -0.754. The normalized spacial score (nSPS) is 9.84. The molecule has 0 saturated heterocycles. The van der Waals surface area contributed by atoms with Crippen molar-refractivity contribution in [2.24, 2.45) is 0 Å². The molecule has 0 spiro atoms. The fraction of sp³-hybridized carbons (Fsp3) is 0.385. The van der Waals surface area contributed by atoms with Gasteiger partial charge in [-0.15, -0.1) is 0 Å². The van der Waals surface area contributed by atoms with Crippen LogP contribution in [0.25, 0.3) is 0 Å². The van der Waals surface area contributed by atoms with E-state index < -0.39 is 5.97 Å². The van der Waals surface area contributed by atoms with Crippen molar-refractivity contribution < 1.29 is 24.2 Å². The molecule has 0 aliphatic rings. The molecule has 0 radical (unpaired) electrons. The van der Waals surface area contributed by atoms with Crippen LogP contribution in [0.15, 0.2) is 12.1 Å². The zero-order valence-corrected chi connectivity index (χ0v) is 11.1. The summed E-state index contributed by atoms with van der Waals surface area (Å²) in [6.07, 6.45) is 0. The highest BCUT2D eigenvalue weighted by Crippen LogP contribution is 2.34. The minimum absolute atomic E-state index is 0.0397. The Hall–Kier alpha value is -2.24. The van der Waals surface area contributed by atoms with E-state index in [2.05, 4.69) is 5.32 Å². The summed E-state index contributed by atoms with van der Waals surface area (Å²) in [5.41, 5.74) is 0.147. The van der Waals surface area contributed by atoms with Gasteiger partial charge in [0.1, 0.15) is 0 Å². The van der Waals surface area contributed by atoms with Gasteiger partial charge in [-0.2, -0.15) is 0 Å². The molecule has 0 aliphatic carbocycles. The fourth-order valence-corrected chi connectivity index (χ4v) is 1.57. The van der Waals surface area contributed by atoms with Gasteiger partial charge >= 0.3 is 5.97 Å². The first-order valence-electron chi connectivity index (χ1n) is 5.94. The maximum Gasteiger partial charge on any atom is 0.337 e. The minimum atomic E-state index is -1.15. The van der Waals surface area contributed by atoms with Crippen LogP contribution in [0.2, 0.25) is 0 Å². The van der Waals surface area contributed by atoms with Crippen LogP contribution in [0.3, 0.4) is 0 Å². The maximum absolute atomic E-state index is 11.2. The van der Waals surface area contributed by atoms with E-state index >= 15 is 0 Å². The van der Waals surface area contributed by atoms with Crippen LogP contribution in [0.5, 0.6) is 11.5 Å². The number of amides is 1. The molecule has 0 aliphatic heterocycles. The second-order valence-electron chi connectivity index (χ2n) is 3.70. The third-order valence-corrected chi connectivity index (χ3v) is 2.22. The topological polar surface area (TPSA) is 84.9 Å². The first-order chi connectivity index (χ1) is 8.99. The van der Waals surface area contributed by atoms with E-state index in [1.807, 2.05) is 0 Å². The first-order valence-corrected chi connectivity index (χ1v) is 5.94. The van der Waals surface area contributed by atoms with Crippen molar-refractivity contribution in [3.05, 3.63) is 17.7 Å². The molecule has 6 heteroatoms. The van der Waals surface area contributed by atoms with Crippen LogP contribution in [0.4, 0.5) is 5.69 Å². The van der Waals surface area contributed by atoms with Crippen molar-refractivity contribution in [2.45, 2.75) is 20.8 Å². The molecule has 0 atom stereocenters. The fourth-order valence-electron chi connectivity index (χ4n) is 1.57. The van der Waals surface area contributed by atoms with E-state index in [0.29, 0.717) is 24.7 Å². The summed E-state index contributed by atoms with van der Waals surface area (Å²) in [7, 11) is 0. The lowest BCUT2D eigenvalue weighted by atomic mass is 10.1. The molecular formula is C13H17NO5. The summed E-state index contributed by atoms with van der Waals surface area (Å²) in [5, 5.41) is 11.6. The van der Waals surface area contributed by atoms with Gasteiger partial charge in [-0.05, 0) is 13.8 Å². The molecule has 0 bridgehead atoms. The van der Waals surface area contributed by atoms with E-state index in [1.54, 1.807) is 13.8 Å². The Bertz CT molecular complexity index is 484. The Morgan fingerprint density at radius 3 is 2.11 bits per heavy atom. The molecular weight excluding hydrogens is 250 g/mol. The van der Waals surface area contributed by atoms with Crippen molar-refractivity contribution in [1.82, 2.24) is 0 Å². The third kappa shape index (κ3) is 3.87.